The zero-order chi connectivity index (χ0) is 14.9. The number of carbonyl (C=O) groups excluding carboxylic acids is 2. The molecule has 0 aliphatic heterocycles. The Morgan fingerprint density at radius 1 is 0.750 bits per heavy atom. The Labute approximate surface area is 113 Å². The molecular weight excluding hydrogens is 256 g/mol. The Balaban J connectivity index is 3.06. The van der Waals surface area contributed by atoms with E-state index in [9.17, 15) is 9.59 Å². The molecule has 1 aliphatic rings. The molecule has 0 atom stereocenters. The summed E-state index contributed by atoms with van der Waals surface area (Å²) in [5, 5.41) is 36.1. The lowest BCUT2D eigenvalue weighted by molar-refractivity contribution is -0.111. The predicted octanol–water partition coefficient (Wildman–Crippen LogP) is 0.996. The molecule has 20 heavy (non-hydrogen) atoms. The highest BCUT2D eigenvalue weighted by molar-refractivity contribution is 6.54. The molecule has 0 spiro atoms. The van der Waals surface area contributed by atoms with Crippen molar-refractivity contribution in [2.45, 2.75) is 0 Å². The van der Waals surface area contributed by atoms with E-state index >= 15 is 0 Å². The van der Waals surface area contributed by atoms with Gasteiger partial charge in [0, 0.05) is 11.1 Å². The van der Waals surface area contributed by atoms with Gasteiger partial charge in [0.1, 0.15) is 29.8 Å². The topological polar surface area (TPSA) is 129 Å². The third-order valence-electron chi connectivity index (χ3n) is 2.84. The van der Waals surface area contributed by atoms with Gasteiger partial charge in [-0.2, -0.15) is 21.0 Å². The molecule has 1 aliphatic carbocycles. The highest BCUT2D eigenvalue weighted by atomic mass is 16.2. The van der Waals surface area contributed by atoms with Crippen LogP contribution < -0.4 is 0 Å². The number of nitrogens with zero attached hydrogens (tertiary/aromatic N) is 4. The summed E-state index contributed by atoms with van der Waals surface area (Å²) in [5.41, 5.74) is -1.41. The van der Waals surface area contributed by atoms with Gasteiger partial charge in [-0.25, -0.2) is 0 Å². The lowest BCUT2D eigenvalue weighted by Crippen LogP contribution is -2.24. The van der Waals surface area contributed by atoms with Crippen LogP contribution in [-0.4, -0.2) is 11.6 Å². The highest BCUT2D eigenvalue weighted by Crippen LogP contribution is 2.33. The second kappa shape index (κ2) is 4.50. The van der Waals surface area contributed by atoms with Crippen LogP contribution in [0.3, 0.4) is 0 Å². The molecule has 0 bridgehead atoms. The molecule has 0 saturated carbocycles. The number of benzene rings is 1. The maximum absolute atomic E-state index is 11.9. The van der Waals surface area contributed by atoms with Crippen molar-refractivity contribution in [2.24, 2.45) is 0 Å². The fourth-order valence-corrected chi connectivity index (χ4v) is 1.95. The van der Waals surface area contributed by atoms with Crippen molar-refractivity contribution in [3.05, 3.63) is 40.0 Å². The van der Waals surface area contributed by atoms with Crippen LogP contribution in [0.5, 0.6) is 0 Å². The molecule has 0 aromatic heterocycles. The molecule has 0 unspecified atom stereocenters. The van der Waals surface area contributed by atoms with Crippen LogP contribution in [0, 0.1) is 45.3 Å². The van der Waals surface area contributed by atoms with Gasteiger partial charge in [-0.1, -0.05) is 0 Å². The van der Waals surface area contributed by atoms with Gasteiger partial charge >= 0.3 is 0 Å². The molecule has 0 saturated heterocycles. The molecule has 0 fully saturated rings. The first-order valence-corrected chi connectivity index (χ1v) is 5.21. The maximum atomic E-state index is 11.9. The highest BCUT2D eigenvalue weighted by Gasteiger charge is 2.35. The van der Waals surface area contributed by atoms with E-state index in [0.717, 1.165) is 0 Å². The monoisotopic (exact) mass is 258 g/mol. The number of hydrogen-bond donors (Lipinski definition) is 0. The summed E-state index contributed by atoms with van der Waals surface area (Å²) in [6.45, 7) is 0. The molecule has 1 aromatic rings. The van der Waals surface area contributed by atoms with Crippen LogP contribution in [0.25, 0.3) is 5.57 Å². The number of ketones is 2. The summed E-state index contributed by atoms with van der Waals surface area (Å²) in [7, 11) is 0. The zero-order valence-electron chi connectivity index (χ0n) is 9.76. The SMILES string of the molecule is N#CC1=C(C#N)c2c(ccc(C#N)c2C#N)C(=O)C1=O. The first-order valence-electron chi connectivity index (χ1n) is 5.21. The molecule has 6 heteroatoms. The molecule has 0 amide bonds. The van der Waals surface area contributed by atoms with Crippen molar-refractivity contribution < 1.29 is 9.59 Å². The van der Waals surface area contributed by atoms with E-state index in [1.807, 2.05) is 0 Å². The van der Waals surface area contributed by atoms with Crippen LogP contribution in [0.15, 0.2) is 17.7 Å². The number of Topliss-reactive ketones (excluding diaryl/α,β-unsaturated/α-hetero) is 2. The van der Waals surface area contributed by atoms with E-state index in [2.05, 4.69) is 0 Å². The van der Waals surface area contributed by atoms with Gasteiger partial charge in [-0.15, -0.1) is 0 Å². The number of nitriles is 4. The van der Waals surface area contributed by atoms with E-state index in [1.54, 1.807) is 18.2 Å². The Bertz CT molecular complexity index is 880. The van der Waals surface area contributed by atoms with Crippen molar-refractivity contribution >= 4 is 17.1 Å². The molecule has 1 aromatic carbocycles. The number of fused-ring (bicyclic) bond motifs is 1. The second-order valence-corrected chi connectivity index (χ2v) is 3.77. The first-order chi connectivity index (χ1) is 9.60. The lowest BCUT2D eigenvalue weighted by atomic mass is 9.81. The van der Waals surface area contributed by atoms with E-state index in [4.69, 9.17) is 21.0 Å². The van der Waals surface area contributed by atoms with Crippen LogP contribution in [0.4, 0.5) is 0 Å². The Morgan fingerprint density at radius 3 is 1.90 bits per heavy atom. The molecule has 0 N–H and O–H groups in total. The third-order valence-corrected chi connectivity index (χ3v) is 2.84. The minimum absolute atomic E-state index is 0.0292. The second-order valence-electron chi connectivity index (χ2n) is 3.77. The Kier molecular flexibility index (Phi) is 2.86. The van der Waals surface area contributed by atoms with E-state index in [-0.39, 0.29) is 27.8 Å². The van der Waals surface area contributed by atoms with Crippen LogP contribution in [-0.2, 0) is 4.79 Å². The van der Waals surface area contributed by atoms with Gasteiger partial charge < -0.3 is 0 Å². The molecule has 6 nitrogen and oxygen atoms in total. The number of carbonyl (C=O) groups is 2. The average Bonchev–Trinajstić information content (AvgIpc) is 2.48. The Hall–Kier alpha value is -3.74. The lowest BCUT2D eigenvalue weighted by Gasteiger charge is -2.15. The van der Waals surface area contributed by atoms with Crippen molar-refractivity contribution in [3.63, 3.8) is 0 Å². The van der Waals surface area contributed by atoms with E-state index < -0.39 is 17.1 Å². The van der Waals surface area contributed by atoms with Crippen LogP contribution in [0.2, 0.25) is 0 Å². The molecule has 90 valence electrons. The largest absolute Gasteiger partial charge is 0.285 e. The molecule has 0 radical (unpaired) electrons. The van der Waals surface area contributed by atoms with E-state index in [0.29, 0.717) is 0 Å². The Morgan fingerprint density at radius 2 is 1.40 bits per heavy atom. The fourth-order valence-electron chi connectivity index (χ4n) is 1.95. The van der Waals surface area contributed by atoms with E-state index in [1.165, 1.54) is 18.2 Å². The average molecular weight is 258 g/mol. The van der Waals surface area contributed by atoms with Crippen molar-refractivity contribution in [3.8, 4) is 24.3 Å². The number of hydrogen-bond acceptors (Lipinski definition) is 6. The van der Waals surface area contributed by atoms with Crippen molar-refractivity contribution in [1.29, 1.82) is 21.0 Å². The van der Waals surface area contributed by atoms with Gasteiger partial charge in [0.05, 0.1) is 16.7 Å². The minimum Gasteiger partial charge on any atom is -0.285 e. The third kappa shape index (κ3) is 1.47. The zero-order valence-corrected chi connectivity index (χ0v) is 9.76. The summed E-state index contributed by atoms with van der Waals surface area (Å²) < 4.78 is 0. The van der Waals surface area contributed by atoms with Gasteiger partial charge in [-0.3, -0.25) is 9.59 Å². The van der Waals surface area contributed by atoms with Gasteiger partial charge in [0.2, 0.25) is 11.6 Å². The van der Waals surface area contributed by atoms with Crippen molar-refractivity contribution in [1.82, 2.24) is 0 Å². The summed E-state index contributed by atoms with van der Waals surface area (Å²) in [4.78, 5) is 23.6. The summed E-state index contributed by atoms with van der Waals surface area (Å²) in [6.07, 6.45) is 0. The maximum Gasteiger partial charge on any atom is 0.245 e. The first kappa shape index (κ1) is 12.7. The van der Waals surface area contributed by atoms with Crippen molar-refractivity contribution in [2.75, 3.05) is 0 Å². The van der Waals surface area contributed by atoms with Crippen LogP contribution in [0.1, 0.15) is 27.0 Å². The predicted molar refractivity (Wildman–Crippen MR) is 63.4 cm³/mol. The number of rotatable bonds is 0. The molecule has 2 rings (SSSR count). The summed E-state index contributed by atoms with van der Waals surface area (Å²) in [5.74, 6) is -2.04. The van der Waals surface area contributed by atoms with Crippen LogP contribution >= 0.6 is 0 Å². The quantitative estimate of drug-likeness (QED) is 0.638. The normalized spacial score (nSPS) is 12.8. The van der Waals surface area contributed by atoms with Gasteiger partial charge in [0.15, 0.2) is 0 Å². The summed E-state index contributed by atoms with van der Waals surface area (Å²) in [6, 6.07) is 9.12. The van der Waals surface area contributed by atoms with Gasteiger partial charge in [-0.05, 0) is 12.1 Å². The molecule has 0 heterocycles. The molecular formula is C14H2N4O2. The smallest absolute Gasteiger partial charge is 0.245 e. The number of allylic oxidation sites excluding steroid dienone is 2. The summed E-state index contributed by atoms with van der Waals surface area (Å²) >= 11 is 0. The standard InChI is InChI=1S/C14H2N4O2/c15-3-7-1-2-8-12(9(7)4-16)10(5-17)11(6-18)14(20)13(8)19/h1-2H. The minimum atomic E-state index is -1.08. The fraction of sp³-hybridized carbons (Fsp3) is 0. The van der Waals surface area contributed by atoms with Gasteiger partial charge in [0.25, 0.3) is 0 Å².